The van der Waals surface area contributed by atoms with E-state index in [0.29, 0.717) is 18.2 Å². The van der Waals surface area contributed by atoms with Crippen LogP contribution in [0, 0.1) is 3.57 Å². The molecule has 0 unspecified atom stereocenters. The summed E-state index contributed by atoms with van der Waals surface area (Å²) in [6.45, 7) is 0.507. The smallest absolute Gasteiger partial charge is 0.166 e. The molecule has 82 valence electrons. The van der Waals surface area contributed by atoms with Crippen LogP contribution < -0.4 is 10.5 Å². The van der Waals surface area contributed by atoms with Crippen molar-refractivity contribution in [3.05, 3.63) is 51.7 Å². The molecule has 0 amide bonds. The first-order valence-corrected chi connectivity index (χ1v) is 5.91. The van der Waals surface area contributed by atoms with Crippen LogP contribution in [-0.4, -0.2) is 4.98 Å². The molecule has 0 fully saturated rings. The number of nitrogens with two attached hydrogens (primary N) is 1. The van der Waals surface area contributed by atoms with Crippen LogP contribution in [-0.2, 0) is 6.61 Å². The molecule has 0 aliphatic heterocycles. The third-order valence-electron chi connectivity index (χ3n) is 2.11. The Labute approximate surface area is 108 Å². The second-order valence-corrected chi connectivity index (χ2v) is 4.55. The highest BCUT2D eigenvalue weighted by molar-refractivity contribution is 14.1. The van der Waals surface area contributed by atoms with Crippen LogP contribution in [0.25, 0.3) is 0 Å². The molecule has 1 aromatic heterocycles. The number of nitrogen functional groups attached to an aromatic ring is 1. The maximum Gasteiger partial charge on any atom is 0.166 e. The zero-order valence-corrected chi connectivity index (χ0v) is 10.7. The lowest BCUT2D eigenvalue weighted by molar-refractivity contribution is 0.307. The van der Waals surface area contributed by atoms with E-state index < -0.39 is 0 Å². The first-order valence-electron chi connectivity index (χ1n) is 4.83. The molecule has 0 bridgehead atoms. The van der Waals surface area contributed by atoms with Crippen molar-refractivity contribution < 1.29 is 4.74 Å². The van der Waals surface area contributed by atoms with Gasteiger partial charge in [0.1, 0.15) is 6.61 Å². The van der Waals surface area contributed by atoms with Crippen molar-refractivity contribution in [3.8, 4) is 5.75 Å². The van der Waals surface area contributed by atoms with E-state index in [0.717, 1.165) is 5.56 Å². The summed E-state index contributed by atoms with van der Waals surface area (Å²) < 4.78 is 6.78. The fraction of sp³-hybridized carbons (Fsp3) is 0.0833. The molecule has 0 radical (unpaired) electrons. The second kappa shape index (κ2) is 5.16. The van der Waals surface area contributed by atoms with Gasteiger partial charge in [-0.2, -0.15) is 0 Å². The number of halogens is 1. The molecule has 2 N–H and O–H groups in total. The third kappa shape index (κ3) is 2.85. The summed E-state index contributed by atoms with van der Waals surface area (Å²) >= 11 is 2.27. The van der Waals surface area contributed by atoms with Crippen molar-refractivity contribution in [2.75, 3.05) is 5.73 Å². The number of benzene rings is 1. The fourth-order valence-corrected chi connectivity index (χ4v) is 1.63. The number of aromatic nitrogens is 1. The average Bonchev–Trinajstić information content (AvgIpc) is 2.30. The number of ether oxygens (including phenoxy) is 1. The molecule has 0 saturated heterocycles. The Balaban J connectivity index is 2.02. The molecule has 0 atom stereocenters. The lowest BCUT2D eigenvalue weighted by Crippen LogP contribution is -1.99. The van der Waals surface area contributed by atoms with E-state index in [2.05, 4.69) is 27.6 Å². The normalized spacial score (nSPS) is 10.1. The Morgan fingerprint density at radius 1 is 1.19 bits per heavy atom. The monoisotopic (exact) mass is 326 g/mol. The van der Waals surface area contributed by atoms with Gasteiger partial charge in [-0.15, -0.1) is 0 Å². The first kappa shape index (κ1) is 11.2. The summed E-state index contributed by atoms with van der Waals surface area (Å²) in [5.74, 6) is 1.05. The van der Waals surface area contributed by atoms with E-state index in [-0.39, 0.29) is 0 Å². The largest absolute Gasteiger partial charge is 0.485 e. The van der Waals surface area contributed by atoms with Crippen molar-refractivity contribution in [1.29, 1.82) is 0 Å². The van der Waals surface area contributed by atoms with Crippen LogP contribution in [0.5, 0.6) is 5.75 Å². The summed E-state index contributed by atoms with van der Waals surface area (Å²) in [6.07, 6.45) is 1.65. The molecule has 4 heteroatoms. The summed E-state index contributed by atoms with van der Waals surface area (Å²) in [6, 6.07) is 11.8. The minimum absolute atomic E-state index is 0.424. The highest BCUT2D eigenvalue weighted by Gasteiger charge is 2.00. The van der Waals surface area contributed by atoms with Crippen LogP contribution >= 0.6 is 22.6 Å². The Morgan fingerprint density at radius 3 is 2.62 bits per heavy atom. The van der Waals surface area contributed by atoms with Crippen molar-refractivity contribution in [1.82, 2.24) is 4.98 Å². The Morgan fingerprint density at radius 2 is 1.94 bits per heavy atom. The molecular formula is C12H11IN2O. The van der Waals surface area contributed by atoms with Gasteiger partial charge < -0.3 is 10.5 Å². The minimum Gasteiger partial charge on any atom is -0.485 e. The van der Waals surface area contributed by atoms with Crippen LogP contribution in [0.2, 0.25) is 0 Å². The highest BCUT2D eigenvalue weighted by atomic mass is 127. The van der Waals surface area contributed by atoms with E-state index >= 15 is 0 Å². The number of hydrogen-bond donors (Lipinski definition) is 1. The molecule has 1 heterocycles. The van der Waals surface area contributed by atoms with Gasteiger partial charge in [-0.05, 0) is 52.4 Å². The first-order chi connectivity index (χ1) is 7.75. The summed E-state index contributed by atoms with van der Waals surface area (Å²) in [7, 11) is 0. The molecule has 2 rings (SSSR count). The molecule has 16 heavy (non-hydrogen) atoms. The van der Waals surface area contributed by atoms with Crippen LogP contribution in [0.15, 0.2) is 42.6 Å². The quantitative estimate of drug-likeness (QED) is 0.883. The molecule has 0 aliphatic rings. The lowest BCUT2D eigenvalue weighted by atomic mass is 10.2. The number of nitrogens with zero attached hydrogens (tertiary/aromatic N) is 1. The topological polar surface area (TPSA) is 48.1 Å². The second-order valence-electron chi connectivity index (χ2n) is 3.30. The Bertz CT molecular complexity index is 471. The Hall–Kier alpha value is -1.30. The Kier molecular flexibility index (Phi) is 3.61. The fourth-order valence-electron chi connectivity index (χ4n) is 1.27. The summed E-state index contributed by atoms with van der Waals surface area (Å²) in [5, 5.41) is 0. The maximum absolute atomic E-state index is 5.67. The van der Waals surface area contributed by atoms with Gasteiger partial charge >= 0.3 is 0 Å². The molecule has 1 aromatic carbocycles. The molecule has 0 aliphatic carbocycles. The third-order valence-corrected chi connectivity index (χ3v) is 2.83. The zero-order chi connectivity index (χ0) is 11.4. The lowest BCUT2D eigenvalue weighted by Gasteiger charge is -2.07. The number of rotatable bonds is 3. The van der Waals surface area contributed by atoms with E-state index in [1.807, 2.05) is 30.3 Å². The number of anilines is 1. The highest BCUT2D eigenvalue weighted by Crippen LogP contribution is 2.18. The molecule has 3 nitrogen and oxygen atoms in total. The summed E-state index contributed by atoms with van der Waals surface area (Å²) in [5.41, 5.74) is 6.79. The van der Waals surface area contributed by atoms with Gasteiger partial charge in [-0.25, -0.2) is 4.98 Å². The van der Waals surface area contributed by atoms with E-state index in [1.54, 1.807) is 12.3 Å². The van der Waals surface area contributed by atoms with Gasteiger partial charge in [0.25, 0.3) is 0 Å². The number of hydrogen-bond acceptors (Lipinski definition) is 3. The van der Waals surface area contributed by atoms with E-state index in [9.17, 15) is 0 Å². The minimum atomic E-state index is 0.424. The van der Waals surface area contributed by atoms with Gasteiger partial charge in [0.2, 0.25) is 0 Å². The van der Waals surface area contributed by atoms with Gasteiger partial charge in [0, 0.05) is 9.77 Å². The van der Waals surface area contributed by atoms with Gasteiger partial charge in [0.15, 0.2) is 11.6 Å². The number of pyridine rings is 1. The summed E-state index contributed by atoms with van der Waals surface area (Å²) in [4.78, 5) is 3.96. The predicted molar refractivity (Wildman–Crippen MR) is 72.1 cm³/mol. The van der Waals surface area contributed by atoms with Gasteiger partial charge in [-0.3, -0.25) is 0 Å². The van der Waals surface area contributed by atoms with E-state index in [1.165, 1.54) is 3.57 Å². The van der Waals surface area contributed by atoms with E-state index in [4.69, 9.17) is 10.5 Å². The molecular weight excluding hydrogens is 315 g/mol. The van der Waals surface area contributed by atoms with Crippen LogP contribution in [0.3, 0.4) is 0 Å². The zero-order valence-electron chi connectivity index (χ0n) is 8.56. The van der Waals surface area contributed by atoms with Crippen molar-refractivity contribution in [2.45, 2.75) is 6.61 Å². The standard InChI is InChI=1S/C12H11IN2O/c13-10-5-3-9(4-6-10)8-16-11-2-1-7-15-12(11)14/h1-7H,8H2,(H2,14,15). The van der Waals surface area contributed by atoms with Crippen molar-refractivity contribution in [2.24, 2.45) is 0 Å². The SMILES string of the molecule is Nc1ncccc1OCc1ccc(I)cc1. The van der Waals surface area contributed by atoms with Crippen LogP contribution in [0.4, 0.5) is 5.82 Å². The van der Waals surface area contributed by atoms with Gasteiger partial charge in [-0.1, -0.05) is 12.1 Å². The molecule has 2 aromatic rings. The molecule has 0 saturated carbocycles. The van der Waals surface area contributed by atoms with Gasteiger partial charge in [0.05, 0.1) is 0 Å². The molecule has 0 spiro atoms. The predicted octanol–water partition coefficient (Wildman–Crippen LogP) is 2.85. The van der Waals surface area contributed by atoms with Crippen LogP contribution in [0.1, 0.15) is 5.56 Å². The van der Waals surface area contributed by atoms with Crippen molar-refractivity contribution in [3.63, 3.8) is 0 Å². The average molecular weight is 326 g/mol. The maximum atomic E-state index is 5.67. The van der Waals surface area contributed by atoms with Crippen molar-refractivity contribution >= 4 is 28.4 Å².